The maximum atomic E-state index is 13.4. The third-order valence-corrected chi connectivity index (χ3v) is 6.44. The molecule has 0 bridgehead atoms. The largest absolute Gasteiger partial charge is 0.378 e. The number of hydrogen-bond donors (Lipinski definition) is 2. The fourth-order valence-corrected chi connectivity index (χ4v) is 4.66. The van der Waals surface area contributed by atoms with Gasteiger partial charge in [0, 0.05) is 30.9 Å². The van der Waals surface area contributed by atoms with Crippen LogP contribution >= 0.6 is 0 Å². The zero-order chi connectivity index (χ0) is 20.9. The third kappa shape index (κ3) is 5.05. The number of amides is 1. The van der Waals surface area contributed by atoms with Gasteiger partial charge in [-0.1, -0.05) is 18.6 Å². The summed E-state index contributed by atoms with van der Waals surface area (Å²) in [7, 11) is 0. The van der Waals surface area contributed by atoms with Gasteiger partial charge in [0.25, 0.3) is 5.91 Å². The lowest BCUT2D eigenvalue weighted by Crippen LogP contribution is -2.46. The third-order valence-electron chi connectivity index (χ3n) is 6.44. The molecule has 0 spiro atoms. The predicted molar refractivity (Wildman–Crippen MR) is 114 cm³/mol. The highest BCUT2D eigenvalue weighted by Gasteiger charge is 2.31. The molecule has 30 heavy (non-hydrogen) atoms. The maximum Gasteiger partial charge on any atom is 0.253 e. The summed E-state index contributed by atoms with van der Waals surface area (Å²) in [6, 6.07) is 9.87. The van der Waals surface area contributed by atoms with Crippen molar-refractivity contribution in [2.24, 2.45) is 5.92 Å². The van der Waals surface area contributed by atoms with Crippen molar-refractivity contribution in [2.45, 2.75) is 57.2 Å². The van der Waals surface area contributed by atoms with Crippen molar-refractivity contribution >= 4 is 5.91 Å². The van der Waals surface area contributed by atoms with Crippen LogP contribution in [0.3, 0.4) is 0 Å². The lowest BCUT2D eigenvalue weighted by atomic mass is 9.84. The van der Waals surface area contributed by atoms with Crippen LogP contribution in [0.4, 0.5) is 4.39 Å². The maximum absolute atomic E-state index is 13.4. The molecule has 1 saturated heterocycles. The molecule has 4 rings (SSSR count). The van der Waals surface area contributed by atoms with E-state index in [0.29, 0.717) is 22.7 Å². The summed E-state index contributed by atoms with van der Waals surface area (Å²) >= 11 is 0. The topological polar surface area (TPSA) is 65.5 Å². The summed E-state index contributed by atoms with van der Waals surface area (Å²) in [6.45, 7) is 1.99. The summed E-state index contributed by atoms with van der Waals surface area (Å²) in [5.74, 6) is -0.145. The number of benzene rings is 1. The first-order chi connectivity index (χ1) is 14.6. The van der Waals surface area contributed by atoms with Gasteiger partial charge >= 0.3 is 0 Å². The minimum atomic E-state index is -0.346. The lowest BCUT2D eigenvalue weighted by molar-refractivity contribution is -0.0603. The van der Waals surface area contributed by atoms with Gasteiger partial charge in [-0.25, -0.2) is 4.39 Å². The Balaban J connectivity index is 1.28. The molecular formula is C24H30FN3O2. The molecule has 2 aromatic rings. The van der Waals surface area contributed by atoms with Gasteiger partial charge in [0.15, 0.2) is 0 Å². The number of piperidine rings is 1. The van der Waals surface area contributed by atoms with Crippen LogP contribution < -0.4 is 5.32 Å². The number of pyridine rings is 1. The molecule has 1 aliphatic carbocycles. The number of aliphatic hydroxyl groups excluding tert-OH is 1. The number of nitrogens with one attached hydrogen (secondary N) is 1. The molecule has 1 amide bonds. The molecule has 2 aliphatic rings. The van der Waals surface area contributed by atoms with Crippen molar-refractivity contribution in [3.8, 4) is 11.3 Å². The Labute approximate surface area is 177 Å². The first-order valence-electron chi connectivity index (χ1n) is 11.0. The van der Waals surface area contributed by atoms with Gasteiger partial charge in [0.05, 0.1) is 11.3 Å². The molecular weight excluding hydrogens is 381 g/mol. The molecule has 2 N–H and O–H groups in total. The van der Waals surface area contributed by atoms with E-state index in [-0.39, 0.29) is 24.0 Å². The highest BCUT2D eigenvalue weighted by Crippen LogP contribution is 2.30. The summed E-state index contributed by atoms with van der Waals surface area (Å²) in [4.78, 5) is 19.2. The van der Waals surface area contributed by atoms with E-state index < -0.39 is 0 Å². The Kier molecular flexibility index (Phi) is 6.75. The number of hydrogen-bond acceptors (Lipinski definition) is 4. The van der Waals surface area contributed by atoms with Crippen molar-refractivity contribution in [1.82, 2.24) is 15.2 Å². The van der Waals surface area contributed by atoms with Crippen LogP contribution in [0.2, 0.25) is 0 Å². The monoisotopic (exact) mass is 411 g/mol. The number of aromatic nitrogens is 1. The van der Waals surface area contributed by atoms with E-state index in [0.717, 1.165) is 38.8 Å². The molecule has 1 aliphatic heterocycles. The normalized spacial score (nSPS) is 23.7. The Morgan fingerprint density at radius 3 is 2.53 bits per heavy atom. The number of rotatable bonds is 5. The average molecular weight is 412 g/mol. The number of likely N-dealkylation sites (tertiary alicyclic amines) is 1. The van der Waals surface area contributed by atoms with E-state index in [1.165, 1.54) is 31.4 Å². The molecule has 1 atom stereocenters. The highest BCUT2D eigenvalue weighted by molar-refractivity contribution is 5.94. The highest BCUT2D eigenvalue weighted by atomic mass is 19.1. The number of carbonyl (C=O) groups is 1. The molecule has 1 unspecified atom stereocenters. The van der Waals surface area contributed by atoms with Crippen LogP contribution in [0.25, 0.3) is 11.3 Å². The van der Waals surface area contributed by atoms with Gasteiger partial charge in [0.2, 0.25) is 0 Å². The fourth-order valence-electron chi connectivity index (χ4n) is 4.66. The zero-order valence-electron chi connectivity index (χ0n) is 17.3. The second-order valence-corrected chi connectivity index (χ2v) is 8.54. The van der Waals surface area contributed by atoms with Gasteiger partial charge in [-0.3, -0.25) is 14.7 Å². The van der Waals surface area contributed by atoms with Gasteiger partial charge in [-0.15, -0.1) is 0 Å². The van der Waals surface area contributed by atoms with Crippen molar-refractivity contribution in [1.29, 1.82) is 0 Å². The molecule has 160 valence electrons. The van der Waals surface area contributed by atoms with E-state index >= 15 is 0 Å². The molecule has 5 nitrogen and oxygen atoms in total. The van der Waals surface area contributed by atoms with E-state index in [2.05, 4.69) is 15.2 Å². The van der Waals surface area contributed by atoms with E-state index in [4.69, 9.17) is 0 Å². The molecule has 1 aromatic carbocycles. The Morgan fingerprint density at radius 1 is 1.10 bits per heavy atom. The quantitative estimate of drug-likeness (QED) is 0.781. The minimum absolute atomic E-state index is 0.130. The Hall–Kier alpha value is -2.31. The zero-order valence-corrected chi connectivity index (χ0v) is 17.3. The van der Waals surface area contributed by atoms with Crippen LogP contribution in [0.5, 0.6) is 0 Å². The first-order valence-corrected chi connectivity index (χ1v) is 11.0. The van der Waals surface area contributed by atoms with Crippen LogP contribution in [0, 0.1) is 11.7 Å². The minimum Gasteiger partial charge on any atom is -0.378 e. The molecule has 1 aromatic heterocycles. The standard InChI is InChI=1S/C24H30FN3O2/c25-20-6-4-5-18(15-20)22-12-9-19(16-26-22)23(29)27-21-10-7-17(8-11-21)24(30)28-13-2-1-3-14-28/h4-6,9,12,15-17,21,24,30H,1-3,7-8,10-11,13-14H2,(H,27,29). The van der Waals surface area contributed by atoms with Gasteiger partial charge in [-0.2, -0.15) is 0 Å². The van der Waals surface area contributed by atoms with Crippen LogP contribution in [-0.4, -0.2) is 46.3 Å². The van der Waals surface area contributed by atoms with Crippen molar-refractivity contribution in [3.05, 3.63) is 54.0 Å². The van der Waals surface area contributed by atoms with E-state index in [1.54, 1.807) is 30.5 Å². The van der Waals surface area contributed by atoms with Crippen molar-refractivity contribution in [3.63, 3.8) is 0 Å². The molecule has 2 fully saturated rings. The number of halogens is 1. The second-order valence-electron chi connectivity index (χ2n) is 8.54. The van der Waals surface area contributed by atoms with Gasteiger partial charge < -0.3 is 10.4 Å². The van der Waals surface area contributed by atoms with Crippen LogP contribution in [-0.2, 0) is 0 Å². The van der Waals surface area contributed by atoms with Crippen LogP contribution in [0.15, 0.2) is 42.6 Å². The SMILES string of the molecule is O=C(NC1CCC(C(O)N2CCCCC2)CC1)c1ccc(-c2cccc(F)c2)nc1. The van der Waals surface area contributed by atoms with Gasteiger partial charge in [-0.05, 0) is 68.7 Å². The van der Waals surface area contributed by atoms with E-state index in [1.807, 2.05) is 0 Å². The van der Waals surface area contributed by atoms with E-state index in [9.17, 15) is 14.3 Å². The molecule has 1 saturated carbocycles. The van der Waals surface area contributed by atoms with Crippen molar-refractivity contribution < 1.29 is 14.3 Å². The second kappa shape index (κ2) is 9.67. The Morgan fingerprint density at radius 2 is 1.87 bits per heavy atom. The number of carbonyl (C=O) groups excluding carboxylic acids is 1. The molecule has 2 heterocycles. The summed E-state index contributed by atoms with van der Waals surface area (Å²) in [5.41, 5.74) is 1.83. The molecule has 6 heteroatoms. The number of nitrogens with zero attached hydrogens (tertiary/aromatic N) is 2. The smallest absolute Gasteiger partial charge is 0.253 e. The van der Waals surface area contributed by atoms with Gasteiger partial charge in [0.1, 0.15) is 12.0 Å². The first kappa shape index (κ1) is 20.9. The van der Waals surface area contributed by atoms with Crippen molar-refractivity contribution in [2.75, 3.05) is 13.1 Å². The summed E-state index contributed by atoms with van der Waals surface area (Å²) in [5, 5.41) is 13.8. The predicted octanol–water partition coefficient (Wildman–Crippen LogP) is 3.98. The summed E-state index contributed by atoms with van der Waals surface area (Å²) < 4.78 is 13.4. The molecule has 0 radical (unpaired) electrons. The number of aliphatic hydroxyl groups is 1. The van der Waals surface area contributed by atoms with Crippen LogP contribution in [0.1, 0.15) is 55.3 Å². The summed E-state index contributed by atoms with van der Waals surface area (Å²) in [6.07, 6.45) is 8.44. The Bertz CT molecular complexity index is 844. The fraction of sp³-hybridized carbons (Fsp3) is 0.500. The average Bonchev–Trinajstić information content (AvgIpc) is 2.80. The lowest BCUT2D eigenvalue weighted by Gasteiger charge is -2.39.